The van der Waals surface area contributed by atoms with Crippen LogP contribution in [0.15, 0.2) is 0 Å². The van der Waals surface area contributed by atoms with Crippen LogP contribution >= 0.6 is 22.6 Å². The van der Waals surface area contributed by atoms with Crippen molar-refractivity contribution in [2.24, 2.45) is 5.92 Å². The molecule has 0 aliphatic heterocycles. The first-order valence-corrected chi connectivity index (χ1v) is 6.18. The Kier molecular flexibility index (Phi) is 6.16. The van der Waals surface area contributed by atoms with Gasteiger partial charge in [-0.05, 0) is 20.8 Å². The van der Waals surface area contributed by atoms with Crippen LogP contribution in [-0.2, 0) is 19.1 Å². The van der Waals surface area contributed by atoms with Gasteiger partial charge < -0.3 is 9.47 Å². The number of ether oxygens (including phenoxy) is 2. The third kappa shape index (κ3) is 6.70. The number of halogens is 1. The standard InChI is InChI=1S/C10H17IO4/c1-10(2,3)15-8(12)5-7(6-11)9(13)14-4/h7H,5-6H2,1-4H3/t7-/m0/s1. The highest BCUT2D eigenvalue weighted by molar-refractivity contribution is 14.1. The lowest BCUT2D eigenvalue weighted by atomic mass is 10.1. The van der Waals surface area contributed by atoms with Crippen LogP contribution in [0.4, 0.5) is 0 Å². The molecule has 0 aliphatic carbocycles. The van der Waals surface area contributed by atoms with E-state index in [2.05, 4.69) is 27.3 Å². The maximum atomic E-state index is 11.4. The van der Waals surface area contributed by atoms with Gasteiger partial charge in [0.15, 0.2) is 0 Å². The Balaban J connectivity index is 4.20. The van der Waals surface area contributed by atoms with Crippen LogP contribution in [0.3, 0.4) is 0 Å². The predicted molar refractivity (Wildman–Crippen MR) is 64.9 cm³/mol. The molecule has 5 heteroatoms. The summed E-state index contributed by atoms with van der Waals surface area (Å²) in [4.78, 5) is 22.6. The first-order chi connectivity index (χ1) is 6.80. The molecule has 0 fully saturated rings. The molecule has 0 rings (SSSR count). The van der Waals surface area contributed by atoms with Crippen molar-refractivity contribution in [1.29, 1.82) is 0 Å². The number of esters is 2. The van der Waals surface area contributed by atoms with E-state index in [1.165, 1.54) is 7.11 Å². The molecule has 0 N–H and O–H groups in total. The van der Waals surface area contributed by atoms with E-state index in [9.17, 15) is 9.59 Å². The van der Waals surface area contributed by atoms with Crippen LogP contribution < -0.4 is 0 Å². The van der Waals surface area contributed by atoms with E-state index in [0.29, 0.717) is 4.43 Å². The fraction of sp³-hybridized carbons (Fsp3) is 0.800. The molecular formula is C10H17IO4. The largest absolute Gasteiger partial charge is 0.469 e. The third-order valence-electron chi connectivity index (χ3n) is 1.55. The molecule has 0 aromatic carbocycles. The second kappa shape index (κ2) is 6.30. The van der Waals surface area contributed by atoms with E-state index in [1.807, 2.05) is 0 Å². The lowest BCUT2D eigenvalue weighted by molar-refractivity contribution is -0.160. The highest BCUT2D eigenvalue weighted by atomic mass is 127. The highest BCUT2D eigenvalue weighted by Gasteiger charge is 2.24. The summed E-state index contributed by atoms with van der Waals surface area (Å²) in [5.41, 5.74) is -0.511. The van der Waals surface area contributed by atoms with Crippen LogP contribution in [-0.4, -0.2) is 29.1 Å². The lowest BCUT2D eigenvalue weighted by Crippen LogP contribution is -2.28. The Morgan fingerprint density at radius 1 is 1.33 bits per heavy atom. The third-order valence-corrected chi connectivity index (χ3v) is 2.62. The van der Waals surface area contributed by atoms with Gasteiger partial charge in [0.2, 0.25) is 0 Å². The smallest absolute Gasteiger partial charge is 0.310 e. The zero-order chi connectivity index (χ0) is 12.1. The first-order valence-electron chi connectivity index (χ1n) is 4.65. The van der Waals surface area contributed by atoms with Crippen molar-refractivity contribution in [2.75, 3.05) is 11.5 Å². The summed E-state index contributed by atoms with van der Waals surface area (Å²) in [6.07, 6.45) is 0.0763. The minimum atomic E-state index is -0.511. The normalized spacial score (nSPS) is 13.1. The van der Waals surface area contributed by atoms with E-state index < -0.39 is 11.5 Å². The number of hydrogen-bond acceptors (Lipinski definition) is 4. The summed E-state index contributed by atoms with van der Waals surface area (Å²) in [5, 5.41) is 0. The SMILES string of the molecule is COC(=O)[C@H](CI)CC(=O)OC(C)(C)C. The van der Waals surface area contributed by atoms with Gasteiger partial charge in [0.25, 0.3) is 0 Å². The van der Waals surface area contributed by atoms with E-state index in [-0.39, 0.29) is 18.4 Å². The first kappa shape index (κ1) is 14.7. The Morgan fingerprint density at radius 2 is 1.87 bits per heavy atom. The van der Waals surface area contributed by atoms with Gasteiger partial charge in [-0.3, -0.25) is 9.59 Å². The van der Waals surface area contributed by atoms with E-state index in [1.54, 1.807) is 20.8 Å². The summed E-state index contributed by atoms with van der Waals surface area (Å²) < 4.78 is 10.2. The molecule has 88 valence electrons. The zero-order valence-electron chi connectivity index (χ0n) is 9.50. The molecule has 0 aromatic heterocycles. The van der Waals surface area contributed by atoms with Gasteiger partial charge in [0.05, 0.1) is 19.4 Å². The average molecular weight is 328 g/mol. The average Bonchev–Trinajstić information content (AvgIpc) is 2.10. The second-order valence-electron chi connectivity index (χ2n) is 4.16. The Morgan fingerprint density at radius 3 is 2.20 bits per heavy atom. The molecule has 1 atom stereocenters. The topological polar surface area (TPSA) is 52.6 Å². The van der Waals surface area contributed by atoms with Crippen molar-refractivity contribution in [1.82, 2.24) is 0 Å². The number of hydrogen-bond donors (Lipinski definition) is 0. The molecule has 0 unspecified atom stereocenters. The second-order valence-corrected chi connectivity index (χ2v) is 5.05. The molecule has 0 saturated heterocycles. The molecule has 15 heavy (non-hydrogen) atoms. The molecule has 0 spiro atoms. The predicted octanol–water partition coefficient (Wildman–Crippen LogP) is 1.94. The summed E-state index contributed by atoms with van der Waals surface area (Å²) >= 11 is 2.05. The van der Waals surface area contributed by atoms with Gasteiger partial charge >= 0.3 is 11.9 Å². The zero-order valence-corrected chi connectivity index (χ0v) is 11.7. The molecule has 0 radical (unpaired) electrons. The lowest BCUT2D eigenvalue weighted by Gasteiger charge is -2.20. The fourth-order valence-corrected chi connectivity index (χ4v) is 1.62. The van der Waals surface area contributed by atoms with Gasteiger partial charge in [0.1, 0.15) is 5.60 Å². The summed E-state index contributed by atoms with van der Waals surface area (Å²) in [7, 11) is 1.32. The molecule has 0 aromatic rings. The number of carbonyl (C=O) groups is 2. The number of carbonyl (C=O) groups excluding carboxylic acids is 2. The summed E-state index contributed by atoms with van der Waals surface area (Å²) in [6, 6.07) is 0. The van der Waals surface area contributed by atoms with Crippen molar-refractivity contribution in [3.8, 4) is 0 Å². The van der Waals surface area contributed by atoms with Crippen LogP contribution in [0.25, 0.3) is 0 Å². The monoisotopic (exact) mass is 328 g/mol. The number of methoxy groups -OCH3 is 1. The quantitative estimate of drug-likeness (QED) is 0.450. The maximum Gasteiger partial charge on any atom is 0.310 e. The van der Waals surface area contributed by atoms with Crippen molar-refractivity contribution in [3.63, 3.8) is 0 Å². The molecule has 0 aliphatic rings. The maximum absolute atomic E-state index is 11.4. The molecule has 0 amide bonds. The van der Waals surface area contributed by atoms with Crippen molar-refractivity contribution >= 4 is 34.5 Å². The van der Waals surface area contributed by atoms with E-state index in [4.69, 9.17) is 4.74 Å². The van der Waals surface area contributed by atoms with Crippen LogP contribution in [0.5, 0.6) is 0 Å². The number of alkyl halides is 1. The van der Waals surface area contributed by atoms with Crippen molar-refractivity contribution in [2.45, 2.75) is 32.8 Å². The van der Waals surface area contributed by atoms with Crippen LogP contribution in [0.1, 0.15) is 27.2 Å². The van der Waals surface area contributed by atoms with Gasteiger partial charge in [0, 0.05) is 4.43 Å². The van der Waals surface area contributed by atoms with Gasteiger partial charge in [-0.2, -0.15) is 0 Å². The molecule has 0 saturated carbocycles. The molecular weight excluding hydrogens is 311 g/mol. The minimum Gasteiger partial charge on any atom is -0.469 e. The van der Waals surface area contributed by atoms with Gasteiger partial charge in [-0.1, -0.05) is 22.6 Å². The van der Waals surface area contributed by atoms with E-state index in [0.717, 1.165) is 0 Å². The Bertz CT molecular complexity index is 232. The fourth-order valence-electron chi connectivity index (χ4n) is 0.952. The van der Waals surface area contributed by atoms with Crippen LogP contribution in [0, 0.1) is 5.92 Å². The van der Waals surface area contributed by atoms with Crippen LogP contribution in [0.2, 0.25) is 0 Å². The van der Waals surface area contributed by atoms with E-state index >= 15 is 0 Å². The summed E-state index contributed by atoms with van der Waals surface area (Å²) in [5.74, 6) is -1.14. The Hall–Kier alpha value is -0.330. The van der Waals surface area contributed by atoms with Crippen molar-refractivity contribution in [3.05, 3.63) is 0 Å². The molecule has 0 heterocycles. The molecule has 4 nitrogen and oxygen atoms in total. The number of rotatable bonds is 4. The van der Waals surface area contributed by atoms with Crippen molar-refractivity contribution < 1.29 is 19.1 Å². The minimum absolute atomic E-state index is 0.0763. The van der Waals surface area contributed by atoms with Gasteiger partial charge in [-0.25, -0.2) is 0 Å². The van der Waals surface area contributed by atoms with Gasteiger partial charge in [-0.15, -0.1) is 0 Å². The molecule has 0 bridgehead atoms. The highest BCUT2D eigenvalue weighted by Crippen LogP contribution is 2.14. The Labute approximate surface area is 104 Å². The summed E-state index contributed by atoms with van der Waals surface area (Å²) in [6.45, 7) is 5.38.